The summed E-state index contributed by atoms with van der Waals surface area (Å²) in [7, 11) is 0. The van der Waals surface area contributed by atoms with Crippen LogP contribution in [-0.2, 0) is 12.8 Å². The summed E-state index contributed by atoms with van der Waals surface area (Å²) in [5, 5.41) is 0. The second-order valence-electron chi connectivity index (χ2n) is 5.86. The summed E-state index contributed by atoms with van der Waals surface area (Å²) in [5.41, 5.74) is 10.8. The van der Waals surface area contributed by atoms with Crippen molar-refractivity contribution in [3.05, 3.63) is 95.2 Å². The normalized spacial score (nSPS) is 11.5. The number of pyridine rings is 1. The van der Waals surface area contributed by atoms with Gasteiger partial charge in [-0.1, -0.05) is 60.7 Å². The van der Waals surface area contributed by atoms with Gasteiger partial charge in [0.2, 0.25) is 0 Å². The van der Waals surface area contributed by atoms with Crippen LogP contribution in [0.4, 0.5) is 5.82 Å². The van der Waals surface area contributed by atoms with Crippen LogP contribution in [-0.4, -0.2) is 10.8 Å². The Hall–Kier alpha value is -2.94. The van der Waals surface area contributed by atoms with Crippen molar-refractivity contribution in [1.29, 1.82) is 0 Å². The van der Waals surface area contributed by atoms with Gasteiger partial charge in [0.15, 0.2) is 5.82 Å². The number of amidine groups is 1. The second kappa shape index (κ2) is 7.55. The average molecular weight is 315 g/mol. The van der Waals surface area contributed by atoms with Crippen molar-refractivity contribution < 1.29 is 0 Å². The molecule has 0 fully saturated rings. The van der Waals surface area contributed by atoms with Crippen molar-refractivity contribution in [3.8, 4) is 0 Å². The maximum atomic E-state index is 6.07. The van der Waals surface area contributed by atoms with Crippen LogP contribution in [0.1, 0.15) is 22.4 Å². The molecule has 120 valence electrons. The number of aromatic nitrogens is 1. The van der Waals surface area contributed by atoms with E-state index in [-0.39, 0.29) is 0 Å². The zero-order valence-corrected chi connectivity index (χ0v) is 13.8. The van der Waals surface area contributed by atoms with E-state index in [0.717, 1.165) is 17.7 Å². The van der Waals surface area contributed by atoms with E-state index in [2.05, 4.69) is 41.2 Å². The highest BCUT2D eigenvalue weighted by atomic mass is 15.0. The van der Waals surface area contributed by atoms with Gasteiger partial charge in [-0.2, -0.15) is 0 Å². The minimum absolute atomic E-state index is 0.571. The van der Waals surface area contributed by atoms with Gasteiger partial charge in [-0.3, -0.25) is 0 Å². The van der Waals surface area contributed by atoms with Crippen LogP contribution in [0.15, 0.2) is 77.8 Å². The fraction of sp³-hybridized carbons (Fsp3) is 0.143. The quantitative estimate of drug-likeness (QED) is 0.566. The Kier molecular flexibility index (Phi) is 5.02. The summed E-state index contributed by atoms with van der Waals surface area (Å²) in [6.07, 6.45) is 1.43. The summed E-state index contributed by atoms with van der Waals surface area (Å²) in [5.74, 6) is 1.23. The molecule has 1 heterocycles. The van der Waals surface area contributed by atoms with E-state index in [1.54, 1.807) is 0 Å². The molecule has 0 amide bonds. The fourth-order valence-corrected chi connectivity index (χ4v) is 2.62. The van der Waals surface area contributed by atoms with E-state index >= 15 is 0 Å². The number of hydrogen-bond acceptors (Lipinski definition) is 2. The Labute approximate surface area is 142 Å². The van der Waals surface area contributed by atoms with E-state index in [4.69, 9.17) is 5.73 Å². The Balaban J connectivity index is 1.75. The first-order valence-electron chi connectivity index (χ1n) is 8.08. The van der Waals surface area contributed by atoms with Crippen LogP contribution in [0, 0.1) is 6.92 Å². The minimum Gasteiger partial charge on any atom is -0.387 e. The molecule has 0 saturated heterocycles. The first kappa shape index (κ1) is 15.9. The molecule has 0 saturated carbocycles. The molecular weight excluding hydrogens is 294 g/mol. The van der Waals surface area contributed by atoms with Crippen molar-refractivity contribution in [2.75, 3.05) is 0 Å². The molecular formula is C21H21N3. The van der Waals surface area contributed by atoms with Gasteiger partial charge in [-0.05, 0) is 35.7 Å². The van der Waals surface area contributed by atoms with E-state index in [9.17, 15) is 0 Å². The van der Waals surface area contributed by atoms with Gasteiger partial charge in [0, 0.05) is 18.5 Å². The molecule has 2 N–H and O–H groups in total. The summed E-state index contributed by atoms with van der Waals surface area (Å²) in [6.45, 7) is 2.12. The van der Waals surface area contributed by atoms with Gasteiger partial charge in [0.1, 0.15) is 5.84 Å². The van der Waals surface area contributed by atoms with E-state index in [0.29, 0.717) is 18.1 Å². The molecule has 0 aliphatic carbocycles. The van der Waals surface area contributed by atoms with Gasteiger partial charge in [-0.15, -0.1) is 0 Å². The number of nitrogens with two attached hydrogens (primary N) is 1. The smallest absolute Gasteiger partial charge is 0.154 e. The average Bonchev–Trinajstić information content (AvgIpc) is 2.58. The maximum Gasteiger partial charge on any atom is 0.154 e. The second-order valence-corrected chi connectivity index (χ2v) is 5.86. The lowest BCUT2D eigenvalue weighted by Crippen LogP contribution is -2.14. The largest absolute Gasteiger partial charge is 0.387 e. The molecule has 0 aliphatic heterocycles. The molecule has 0 bridgehead atoms. The van der Waals surface area contributed by atoms with Crippen LogP contribution < -0.4 is 5.73 Å². The van der Waals surface area contributed by atoms with Crippen LogP contribution in [0.25, 0.3) is 0 Å². The maximum absolute atomic E-state index is 6.07. The molecule has 3 rings (SSSR count). The zero-order valence-electron chi connectivity index (χ0n) is 13.8. The Morgan fingerprint density at radius 3 is 2.46 bits per heavy atom. The van der Waals surface area contributed by atoms with Gasteiger partial charge in [-0.25, -0.2) is 9.98 Å². The lowest BCUT2D eigenvalue weighted by Gasteiger charge is -2.06. The number of benzene rings is 2. The van der Waals surface area contributed by atoms with Gasteiger partial charge in [0.25, 0.3) is 0 Å². The number of aryl methyl sites for hydroxylation is 1. The Morgan fingerprint density at radius 1 is 0.917 bits per heavy atom. The summed E-state index contributed by atoms with van der Waals surface area (Å²) in [4.78, 5) is 9.09. The highest BCUT2D eigenvalue weighted by Gasteiger charge is 2.03. The lowest BCUT2D eigenvalue weighted by molar-refractivity contribution is 1.05. The van der Waals surface area contributed by atoms with Crippen LogP contribution in [0.5, 0.6) is 0 Å². The predicted molar refractivity (Wildman–Crippen MR) is 99.7 cm³/mol. The van der Waals surface area contributed by atoms with E-state index < -0.39 is 0 Å². The molecule has 3 heteroatoms. The van der Waals surface area contributed by atoms with Crippen molar-refractivity contribution in [2.24, 2.45) is 10.7 Å². The molecule has 3 nitrogen and oxygen atoms in total. The number of aliphatic imine (C=N–C) groups is 1. The van der Waals surface area contributed by atoms with Crippen molar-refractivity contribution in [3.63, 3.8) is 0 Å². The lowest BCUT2D eigenvalue weighted by atomic mass is 10.0. The van der Waals surface area contributed by atoms with Crippen molar-refractivity contribution in [2.45, 2.75) is 19.8 Å². The zero-order chi connectivity index (χ0) is 16.8. The van der Waals surface area contributed by atoms with E-state index in [1.807, 2.05) is 48.5 Å². The highest BCUT2D eigenvalue weighted by molar-refractivity contribution is 5.84. The van der Waals surface area contributed by atoms with Gasteiger partial charge in [0.05, 0.1) is 0 Å². The monoisotopic (exact) mass is 315 g/mol. The minimum atomic E-state index is 0.571. The Morgan fingerprint density at radius 2 is 1.67 bits per heavy atom. The molecule has 0 aliphatic rings. The van der Waals surface area contributed by atoms with Crippen LogP contribution >= 0.6 is 0 Å². The number of rotatable bonds is 5. The first-order valence-corrected chi connectivity index (χ1v) is 8.08. The molecule has 0 radical (unpaired) electrons. The molecule has 0 unspecified atom stereocenters. The van der Waals surface area contributed by atoms with Gasteiger partial charge < -0.3 is 5.73 Å². The molecule has 0 atom stereocenters. The van der Waals surface area contributed by atoms with Crippen LogP contribution in [0.3, 0.4) is 0 Å². The third kappa shape index (κ3) is 4.29. The van der Waals surface area contributed by atoms with Gasteiger partial charge >= 0.3 is 0 Å². The molecule has 3 aromatic rings. The molecule has 24 heavy (non-hydrogen) atoms. The summed E-state index contributed by atoms with van der Waals surface area (Å²) >= 11 is 0. The number of hydrogen-bond donors (Lipinski definition) is 1. The molecule has 2 aromatic carbocycles. The van der Waals surface area contributed by atoms with Crippen molar-refractivity contribution >= 4 is 11.7 Å². The Bertz CT molecular complexity index is 838. The molecule has 1 aromatic heterocycles. The third-order valence-corrected chi connectivity index (χ3v) is 3.91. The van der Waals surface area contributed by atoms with Crippen molar-refractivity contribution in [1.82, 2.24) is 4.98 Å². The number of nitrogens with zero attached hydrogens (tertiary/aromatic N) is 2. The standard InChI is InChI=1S/C21H21N3/c1-16-8-5-6-11-18(16)15-19-12-7-13-21(23-19)24-20(22)14-17-9-3-2-4-10-17/h2-13H,14-15H2,1H3,(H2,22,23,24). The highest BCUT2D eigenvalue weighted by Crippen LogP contribution is 2.15. The third-order valence-electron chi connectivity index (χ3n) is 3.91. The van der Waals surface area contributed by atoms with Crippen LogP contribution in [0.2, 0.25) is 0 Å². The first-order chi connectivity index (χ1) is 11.7. The topological polar surface area (TPSA) is 51.3 Å². The summed E-state index contributed by atoms with van der Waals surface area (Å²) in [6, 6.07) is 24.4. The summed E-state index contributed by atoms with van der Waals surface area (Å²) < 4.78 is 0. The fourth-order valence-electron chi connectivity index (χ4n) is 2.62. The SMILES string of the molecule is Cc1ccccc1Cc1cccc(/N=C(\N)Cc2ccccc2)n1. The molecule has 0 spiro atoms. The predicted octanol–water partition coefficient (Wildman–Crippen LogP) is 4.21. The van der Waals surface area contributed by atoms with E-state index in [1.165, 1.54) is 11.1 Å².